The van der Waals surface area contributed by atoms with Crippen molar-refractivity contribution in [3.05, 3.63) is 65.0 Å². The van der Waals surface area contributed by atoms with Crippen molar-refractivity contribution in [1.82, 2.24) is 0 Å². The first-order valence-electron chi connectivity index (χ1n) is 6.94. The molecule has 1 nitrogen and oxygen atoms in total. The third kappa shape index (κ3) is 2.73. The Kier molecular flexibility index (Phi) is 4.06. The number of fused-ring (bicyclic) bond motifs is 1. The predicted octanol–water partition coefficient (Wildman–Crippen LogP) is 4.33. The van der Waals surface area contributed by atoms with Gasteiger partial charge in [-0.3, -0.25) is 0 Å². The summed E-state index contributed by atoms with van der Waals surface area (Å²) in [5.74, 6) is -0.118. The number of hydrogen-bond donors (Lipinski definition) is 0. The second-order valence-electron chi connectivity index (χ2n) is 5.18. The maximum absolute atomic E-state index is 14.2. The van der Waals surface area contributed by atoms with Crippen molar-refractivity contribution in [2.45, 2.75) is 18.2 Å². The van der Waals surface area contributed by atoms with Crippen LogP contribution in [0.1, 0.15) is 16.7 Å². The Morgan fingerprint density at radius 1 is 1.00 bits per heavy atom. The Morgan fingerprint density at radius 2 is 1.65 bits per heavy atom. The van der Waals surface area contributed by atoms with E-state index in [0.29, 0.717) is 5.33 Å². The standard InChI is InChI=1S/C17H17BrFN/c18-12-13-5-6-17(16(19)11-13)20-9-7-14-3-1-2-4-15(14)8-10-20/h1-6,11H,7-10,12H2. The van der Waals surface area contributed by atoms with Crippen LogP contribution in [-0.2, 0) is 18.2 Å². The molecule has 0 aromatic heterocycles. The minimum atomic E-state index is -0.118. The van der Waals surface area contributed by atoms with Gasteiger partial charge in [0.05, 0.1) is 5.69 Å². The molecule has 1 heterocycles. The lowest BCUT2D eigenvalue weighted by atomic mass is 10.0. The van der Waals surface area contributed by atoms with Crippen molar-refractivity contribution in [2.24, 2.45) is 0 Å². The van der Waals surface area contributed by atoms with Crippen LogP contribution in [0.5, 0.6) is 0 Å². The van der Waals surface area contributed by atoms with E-state index in [0.717, 1.165) is 37.2 Å². The number of alkyl halides is 1. The minimum absolute atomic E-state index is 0.118. The Bertz CT molecular complexity index is 585. The van der Waals surface area contributed by atoms with Crippen LogP contribution in [0.3, 0.4) is 0 Å². The normalized spacial score (nSPS) is 14.8. The molecule has 0 amide bonds. The van der Waals surface area contributed by atoms with Crippen LogP contribution in [0.4, 0.5) is 10.1 Å². The topological polar surface area (TPSA) is 3.24 Å². The average Bonchev–Trinajstić information content (AvgIpc) is 2.70. The van der Waals surface area contributed by atoms with Crippen LogP contribution in [0.25, 0.3) is 0 Å². The summed E-state index contributed by atoms with van der Waals surface area (Å²) in [5, 5.41) is 0.690. The molecule has 0 unspecified atom stereocenters. The van der Waals surface area contributed by atoms with Gasteiger partial charge in [-0.05, 0) is 41.7 Å². The molecule has 104 valence electrons. The third-order valence-electron chi connectivity index (χ3n) is 3.93. The zero-order valence-corrected chi connectivity index (χ0v) is 12.9. The highest BCUT2D eigenvalue weighted by Crippen LogP contribution is 2.25. The van der Waals surface area contributed by atoms with E-state index < -0.39 is 0 Å². The Hall–Kier alpha value is -1.35. The van der Waals surface area contributed by atoms with Crippen LogP contribution < -0.4 is 4.90 Å². The average molecular weight is 334 g/mol. The van der Waals surface area contributed by atoms with Gasteiger partial charge >= 0.3 is 0 Å². The van der Waals surface area contributed by atoms with Gasteiger partial charge in [0.2, 0.25) is 0 Å². The summed E-state index contributed by atoms with van der Waals surface area (Å²) >= 11 is 3.36. The van der Waals surface area contributed by atoms with Gasteiger partial charge in [-0.1, -0.05) is 46.3 Å². The number of rotatable bonds is 2. The Balaban J connectivity index is 1.83. The summed E-state index contributed by atoms with van der Waals surface area (Å²) in [4.78, 5) is 2.16. The molecule has 0 fully saturated rings. The van der Waals surface area contributed by atoms with Gasteiger partial charge in [-0.15, -0.1) is 0 Å². The lowest BCUT2D eigenvalue weighted by Gasteiger charge is -2.23. The van der Waals surface area contributed by atoms with E-state index in [4.69, 9.17) is 0 Å². The van der Waals surface area contributed by atoms with Crippen LogP contribution >= 0.6 is 15.9 Å². The molecular weight excluding hydrogens is 317 g/mol. The largest absolute Gasteiger partial charge is 0.369 e. The van der Waals surface area contributed by atoms with Crippen molar-refractivity contribution in [1.29, 1.82) is 0 Å². The lowest BCUT2D eigenvalue weighted by Crippen LogP contribution is -2.26. The molecule has 3 heteroatoms. The summed E-state index contributed by atoms with van der Waals surface area (Å²) in [5.41, 5.74) is 4.49. The van der Waals surface area contributed by atoms with Crippen molar-refractivity contribution < 1.29 is 4.39 Å². The fourth-order valence-corrected chi connectivity index (χ4v) is 3.15. The van der Waals surface area contributed by atoms with E-state index in [-0.39, 0.29) is 5.82 Å². The van der Waals surface area contributed by atoms with E-state index in [9.17, 15) is 4.39 Å². The van der Waals surface area contributed by atoms with Crippen molar-refractivity contribution in [2.75, 3.05) is 18.0 Å². The van der Waals surface area contributed by atoms with Crippen molar-refractivity contribution in [3.8, 4) is 0 Å². The second-order valence-corrected chi connectivity index (χ2v) is 5.74. The quantitative estimate of drug-likeness (QED) is 0.739. The van der Waals surface area contributed by atoms with Crippen molar-refractivity contribution in [3.63, 3.8) is 0 Å². The monoisotopic (exact) mass is 333 g/mol. The second kappa shape index (κ2) is 5.96. The minimum Gasteiger partial charge on any atom is -0.369 e. The Labute approximate surface area is 127 Å². The van der Waals surface area contributed by atoms with Gasteiger partial charge in [0.15, 0.2) is 0 Å². The van der Waals surface area contributed by atoms with E-state index >= 15 is 0 Å². The maximum Gasteiger partial charge on any atom is 0.146 e. The van der Waals surface area contributed by atoms with E-state index in [2.05, 4.69) is 45.1 Å². The molecule has 2 aromatic rings. The van der Waals surface area contributed by atoms with Crippen LogP contribution in [0.2, 0.25) is 0 Å². The summed E-state index contributed by atoms with van der Waals surface area (Å²) in [6, 6.07) is 14.1. The van der Waals surface area contributed by atoms with Crippen LogP contribution in [0.15, 0.2) is 42.5 Å². The predicted molar refractivity (Wildman–Crippen MR) is 85.1 cm³/mol. The number of nitrogens with zero attached hydrogens (tertiary/aromatic N) is 1. The SMILES string of the molecule is Fc1cc(CBr)ccc1N1CCc2ccccc2CC1. The molecule has 1 aliphatic heterocycles. The van der Waals surface area contributed by atoms with Crippen LogP contribution in [-0.4, -0.2) is 13.1 Å². The number of benzene rings is 2. The molecule has 0 aliphatic carbocycles. The molecule has 0 atom stereocenters. The third-order valence-corrected chi connectivity index (χ3v) is 4.58. The smallest absolute Gasteiger partial charge is 0.146 e. The summed E-state index contributed by atoms with van der Waals surface area (Å²) in [6.07, 6.45) is 1.96. The molecule has 0 radical (unpaired) electrons. The molecule has 3 rings (SSSR count). The van der Waals surface area contributed by atoms with E-state index in [1.807, 2.05) is 12.1 Å². The highest BCUT2D eigenvalue weighted by atomic mass is 79.9. The first kappa shape index (κ1) is 13.6. The van der Waals surface area contributed by atoms with E-state index in [1.165, 1.54) is 11.1 Å². The fraction of sp³-hybridized carbons (Fsp3) is 0.294. The summed E-state index contributed by atoms with van der Waals surface area (Å²) < 4.78 is 14.2. The number of hydrogen-bond acceptors (Lipinski definition) is 1. The van der Waals surface area contributed by atoms with Gasteiger partial charge in [-0.2, -0.15) is 0 Å². The molecular formula is C17H17BrFN. The van der Waals surface area contributed by atoms with Gasteiger partial charge in [-0.25, -0.2) is 4.39 Å². The molecule has 2 aromatic carbocycles. The van der Waals surface area contributed by atoms with Gasteiger partial charge in [0, 0.05) is 18.4 Å². The molecule has 20 heavy (non-hydrogen) atoms. The number of anilines is 1. The van der Waals surface area contributed by atoms with Gasteiger partial charge in [0.25, 0.3) is 0 Å². The molecule has 1 aliphatic rings. The van der Waals surface area contributed by atoms with Gasteiger partial charge in [0.1, 0.15) is 5.82 Å². The Morgan fingerprint density at radius 3 is 2.20 bits per heavy atom. The van der Waals surface area contributed by atoms with Crippen LogP contribution in [0, 0.1) is 5.82 Å². The molecule has 0 spiro atoms. The molecule has 0 bridgehead atoms. The first-order valence-corrected chi connectivity index (χ1v) is 8.06. The highest BCUT2D eigenvalue weighted by Gasteiger charge is 2.16. The molecule has 0 saturated heterocycles. The lowest BCUT2D eigenvalue weighted by molar-refractivity contribution is 0.616. The van der Waals surface area contributed by atoms with Gasteiger partial charge < -0.3 is 4.90 Å². The summed E-state index contributed by atoms with van der Waals surface area (Å²) in [6.45, 7) is 1.75. The fourth-order valence-electron chi connectivity index (χ4n) is 2.80. The summed E-state index contributed by atoms with van der Waals surface area (Å²) in [7, 11) is 0. The highest BCUT2D eigenvalue weighted by molar-refractivity contribution is 9.08. The maximum atomic E-state index is 14.2. The van der Waals surface area contributed by atoms with Crippen molar-refractivity contribution >= 4 is 21.6 Å². The number of halogens is 2. The first-order chi connectivity index (χ1) is 9.78. The molecule has 0 saturated carbocycles. The van der Waals surface area contributed by atoms with E-state index in [1.54, 1.807) is 6.07 Å². The zero-order chi connectivity index (χ0) is 13.9. The molecule has 0 N–H and O–H groups in total. The zero-order valence-electron chi connectivity index (χ0n) is 11.3.